The zero-order valence-electron chi connectivity index (χ0n) is 36.6. The molecule has 0 spiro atoms. The van der Waals surface area contributed by atoms with E-state index in [9.17, 15) is 44.6 Å². The van der Waals surface area contributed by atoms with E-state index >= 15 is 0 Å². The van der Waals surface area contributed by atoms with Crippen molar-refractivity contribution in [1.29, 1.82) is 0 Å². The molecule has 59 heavy (non-hydrogen) atoms. The van der Waals surface area contributed by atoms with Crippen LogP contribution >= 0.6 is 7.82 Å². The molecule has 0 aliphatic heterocycles. The molecule has 1 aliphatic carbocycles. The molecule has 8 atom stereocenters. The molecule has 0 aromatic carbocycles. The summed E-state index contributed by atoms with van der Waals surface area (Å²) < 4.78 is 33.5. The van der Waals surface area contributed by atoms with Gasteiger partial charge in [0.15, 0.2) is 6.10 Å². The zero-order valence-corrected chi connectivity index (χ0v) is 37.4. The summed E-state index contributed by atoms with van der Waals surface area (Å²) in [5.74, 6) is -1.10. The SMILES string of the molecule is CCCC/C=C/CCCCCCCCCCCC(=O)OC[C@H](COP(=O)(O)OC1C(O)C(O)C(O)[C@@H](O)C1O)OC(=O)CCCCCCCCCCC/C=C/CCCC. The van der Waals surface area contributed by atoms with Gasteiger partial charge in [-0.1, -0.05) is 154 Å². The number of hydrogen-bond donors (Lipinski definition) is 6. The second-order valence-electron chi connectivity index (χ2n) is 16.3. The number of hydrogen-bond acceptors (Lipinski definition) is 12. The average Bonchev–Trinajstić information content (AvgIpc) is 3.21. The Hall–Kier alpha value is -1.67. The summed E-state index contributed by atoms with van der Waals surface area (Å²) in [6.45, 7) is 3.24. The van der Waals surface area contributed by atoms with Crippen LogP contribution in [0, 0.1) is 0 Å². The van der Waals surface area contributed by atoms with Gasteiger partial charge in [-0.3, -0.25) is 18.6 Å². The van der Waals surface area contributed by atoms with Gasteiger partial charge in [0.2, 0.25) is 0 Å². The van der Waals surface area contributed by atoms with Gasteiger partial charge < -0.3 is 39.9 Å². The van der Waals surface area contributed by atoms with Crippen LogP contribution in [0.5, 0.6) is 0 Å². The van der Waals surface area contributed by atoms with Crippen LogP contribution in [0.2, 0.25) is 0 Å². The number of phosphoric ester groups is 1. The Morgan fingerprint density at radius 3 is 1.29 bits per heavy atom. The number of carbonyl (C=O) groups excluding carboxylic acids is 2. The topological polar surface area (TPSA) is 210 Å². The Labute approximate surface area is 356 Å². The van der Waals surface area contributed by atoms with Crippen LogP contribution < -0.4 is 0 Å². The number of rotatable bonds is 38. The second kappa shape index (κ2) is 35.9. The number of allylic oxidation sites excluding steroid dienone is 4. The Bertz CT molecular complexity index is 1130. The minimum Gasteiger partial charge on any atom is -0.462 e. The van der Waals surface area contributed by atoms with Gasteiger partial charge in [-0.2, -0.15) is 0 Å². The van der Waals surface area contributed by atoms with Crippen LogP contribution in [-0.2, 0) is 32.7 Å². The molecule has 0 aromatic heterocycles. The lowest BCUT2D eigenvalue weighted by atomic mass is 9.85. The Balaban J connectivity index is 2.45. The smallest absolute Gasteiger partial charge is 0.462 e. The number of aliphatic hydroxyl groups is 5. The van der Waals surface area contributed by atoms with Crippen molar-refractivity contribution in [1.82, 2.24) is 0 Å². The predicted molar refractivity (Wildman–Crippen MR) is 230 cm³/mol. The van der Waals surface area contributed by atoms with Gasteiger partial charge in [-0.05, 0) is 51.4 Å². The lowest BCUT2D eigenvalue weighted by Crippen LogP contribution is -2.64. The Morgan fingerprint density at radius 1 is 0.508 bits per heavy atom. The first kappa shape index (κ1) is 55.3. The van der Waals surface area contributed by atoms with Crippen LogP contribution in [0.4, 0.5) is 0 Å². The first-order chi connectivity index (χ1) is 28.4. The van der Waals surface area contributed by atoms with E-state index in [0.717, 1.165) is 57.8 Å². The third kappa shape index (κ3) is 28.5. The molecule has 0 saturated heterocycles. The maximum atomic E-state index is 12.8. The monoisotopic (exact) mass is 863 g/mol. The highest BCUT2D eigenvalue weighted by atomic mass is 31.2. The number of aliphatic hydroxyl groups excluding tert-OH is 5. The molecule has 346 valence electrons. The van der Waals surface area contributed by atoms with E-state index in [1.54, 1.807) is 0 Å². The summed E-state index contributed by atoms with van der Waals surface area (Å²) in [7, 11) is -5.11. The maximum Gasteiger partial charge on any atom is 0.472 e. The van der Waals surface area contributed by atoms with Crippen LogP contribution in [-0.4, -0.2) is 98.3 Å². The molecule has 0 aromatic rings. The van der Waals surface area contributed by atoms with Crippen LogP contribution in [0.1, 0.15) is 194 Å². The molecule has 13 nitrogen and oxygen atoms in total. The molecule has 0 radical (unpaired) electrons. The summed E-state index contributed by atoms with van der Waals surface area (Å²) in [4.78, 5) is 35.7. The van der Waals surface area contributed by atoms with E-state index in [1.807, 2.05) is 0 Å². The fourth-order valence-electron chi connectivity index (χ4n) is 6.96. The van der Waals surface area contributed by atoms with E-state index in [0.29, 0.717) is 12.8 Å². The minimum absolute atomic E-state index is 0.0958. The van der Waals surface area contributed by atoms with Crippen molar-refractivity contribution in [2.45, 2.75) is 236 Å². The van der Waals surface area contributed by atoms with E-state index in [1.165, 1.54) is 96.3 Å². The second-order valence-corrected chi connectivity index (χ2v) is 17.7. The highest BCUT2D eigenvalue weighted by Gasteiger charge is 2.51. The molecule has 1 fully saturated rings. The molecule has 1 rings (SSSR count). The van der Waals surface area contributed by atoms with E-state index in [-0.39, 0.29) is 12.8 Å². The summed E-state index contributed by atoms with van der Waals surface area (Å²) in [6.07, 6.45) is 25.1. The van der Waals surface area contributed by atoms with Gasteiger partial charge in [-0.25, -0.2) is 4.57 Å². The zero-order chi connectivity index (χ0) is 43.6. The average molecular weight is 863 g/mol. The van der Waals surface area contributed by atoms with Gasteiger partial charge in [0.05, 0.1) is 6.61 Å². The van der Waals surface area contributed by atoms with Crippen molar-refractivity contribution in [3.8, 4) is 0 Å². The summed E-state index contributed by atoms with van der Waals surface area (Å²) in [6, 6.07) is 0. The van der Waals surface area contributed by atoms with Crippen LogP contribution in [0.25, 0.3) is 0 Å². The van der Waals surface area contributed by atoms with E-state index in [2.05, 4.69) is 38.2 Å². The van der Waals surface area contributed by atoms with Crippen molar-refractivity contribution in [3.05, 3.63) is 24.3 Å². The first-order valence-electron chi connectivity index (χ1n) is 23.1. The molecular formula is C45H83O13P. The largest absolute Gasteiger partial charge is 0.472 e. The van der Waals surface area contributed by atoms with E-state index < -0.39 is 75.7 Å². The van der Waals surface area contributed by atoms with Crippen LogP contribution in [0.15, 0.2) is 24.3 Å². The predicted octanol–water partition coefficient (Wildman–Crippen LogP) is 8.84. The number of ether oxygens (including phenoxy) is 2. The number of esters is 2. The molecule has 0 bridgehead atoms. The van der Waals surface area contributed by atoms with Gasteiger partial charge in [0.25, 0.3) is 0 Å². The van der Waals surface area contributed by atoms with Gasteiger partial charge in [0, 0.05) is 12.8 Å². The molecule has 0 heterocycles. The Kier molecular flexibility index (Phi) is 33.7. The first-order valence-corrected chi connectivity index (χ1v) is 24.6. The molecule has 1 saturated carbocycles. The summed E-state index contributed by atoms with van der Waals surface area (Å²) in [5, 5.41) is 50.1. The maximum absolute atomic E-state index is 12.8. The lowest BCUT2D eigenvalue weighted by molar-refractivity contribution is -0.220. The molecular weight excluding hydrogens is 779 g/mol. The normalized spacial score (nSPS) is 22.5. The van der Waals surface area contributed by atoms with Crippen molar-refractivity contribution in [2.24, 2.45) is 0 Å². The highest BCUT2D eigenvalue weighted by molar-refractivity contribution is 7.47. The van der Waals surface area contributed by atoms with E-state index in [4.69, 9.17) is 18.5 Å². The third-order valence-corrected chi connectivity index (χ3v) is 11.8. The summed E-state index contributed by atoms with van der Waals surface area (Å²) >= 11 is 0. The molecule has 0 amide bonds. The highest BCUT2D eigenvalue weighted by Crippen LogP contribution is 2.47. The molecule has 6 N–H and O–H groups in total. The standard InChI is InChI=1S/C45H83O13P/c1-3-5-7-9-11-13-15-17-19-21-23-25-27-29-31-33-38(46)55-35-37(36-56-59(53,54)58-45-43(51)41(49)40(48)42(50)44(45)52)57-39(47)34-32-30-28-26-24-22-20-18-16-14-12-10-8-6-4-2/h9-12,37,40-45,48-52H,3-8,13-36H2,1-2H3,(H,53,54)/b11-9+,12-10+/t37-,40?,41-,42?,43?,44?,45?/m1/s1. The van der Waals surface area contributed by atoms with Gasteiger partial charge in [-0.15, -0.1) is 0 Å². The summed E-state index contributed by atoms with van der Waals surface area (Å²) in [5.41, 5.74) is 0. The van der Waals surface area contributed by atoms with Crippen molar-refractivity contribution in [2.75, 3.05) is 13.2 Å². The van der Waals surface area contributed by atoms with Crippen molar-refractivity contribution < 1.29 is 63.1 Å². The fourth-order valence-corrected chi connectivity index (χ4v) is 7.93. The Morgan fingerprint density at radius 2 is 0.864 bits per heavy atom. The molecule has 1 aliphatic rings. The quantitative estimate of drug-likeness (QED) is 0.0149. The van der Waals surface area contributed by atoms with Crippen molar-refractivity contribution in [3.63, 3.8) is 0 Å². The molecule has 6 unspecified atom stereocenters. The third-order valence-electron chi connectivity index (χ3n) is 10.8. The minimum atomic E-state index is -5.11. The molecule has 14 heteroatoms. The van der Waals surface area contributed by atoms with Crippen LogP contribution in [0.3, 0.4) is 0 Å². The number of unbranched alkanes of at least 4 members (excludes halogenated alkanes) is 22. The number of carbonyl (C=O) groups is 2. The number of phosphoric acid groups is 1. The fraction of sp³-hybridized carbons (Fsp3) is 0.867. The van der Waals surface area contributed by atoms with Gasteiger partial charge in [0.1, 0.15) is 43.2 Å². The van der Waals surface area contributed by atoms with Crippen molar-refractivity contribution >= 4 is 19.8 Å². The lowest BCUT2D eigenvalue weighted by Gasteiger charge is -2.41. The van der Waals surface area contributed by atoms with Gasteiger partial charge >= 0.3 is 19.8 Å².